The lowest BCUT2D eigenvalue weighted by atomic mass is 9.99. The molecule has 0 saturated heterocycles. The van der Waals surface area contributed by atoms with Crippen molar-refractivity contribution in [3.63, 3.8) is 0 Å². The van der Waals surface area contributed by atoms with E-state index < -0.39 is 18.1 Å². The number of aromatic nitrogens is 1. The molecule has 0 radical (unpaired) electrons. The van der Waals surface area contributed by atoms with E-state index >= 15 is 0 Å². The molecule has 6 nitrogen and oxygen atoms in total. The van der Waals surface area contributed by atoms with Crippen molar-refractivity contribution in [2.24, 2.45) is 0 Å². The Hall–Kier alpha value is -4.53. The summed E-state index contributed by atoms with van der Waals surface area (Å²) in [6.45, 7) is 3.49. The average molecular weight is 538 g/mol. The van der Waals surface area contributed by atoms with Gasteiger partial charge in [-0.15, -0.1) is 13.2 Å². The van der Waals surface area contributed by atoms with Crippen molar-refractivity contribution in [2.45, 2.75) is 33.1 Å². The standard InChI is InChI=1S/C30H26F3NO5/c1-4-21(29(36)37)15-19-6-5-7-20(14-19)16-25-18(2)34(28(35)22-8-10-23(38-3)11-9-22)27-13-12-24(17-26(25)27)39-30(31,32)33/h5-15,17H,4,16H2,1-3H3,(H,36,37)/b21-15-. The maximum atomic E-state index is 13.6. The van der Waals surface area contributed by atoms with E-state index in [1.54, 1.807) is 56.3 Å². The fraction of sp³-hybridized carbons (Fsp3) is 0.200. The van der Waals surface area contributed by atoms with Gasteiger partial charge >= 0.3 is 12.3 Å². The highest BCUT2D eigenvalue weighted by Gasteiger charge is 2.31. The highest BCUT2D eigenvalue weighted by atomic mass is 19.4. The minimum absolute atomic E-state index is 0.249. The topological polar surface area (TPSA) is 77.8 Å². The second-order valence-corrected chi connectivity index (χ2v) is 8.91. The van der Waals surface area contributed by atoms with Crippen LogP contribution in [-0.4, -0.2) is 35.0 Å². The normalized spacial score (nSPS) is 12.0. The molecule has 1 N–H and O–H groups in total. The van der Waals surface area contributed by atoms with Crippen LogP contribution in [0.2, 0.25) is 0 Å². The van der Waals surface area contributed by atoms with Crippen molar-refractivity contribution in [2.75, 3.05) is 7.11 Å². The number of fused-ring (bicyclic) bond motifs is 1. The van der Waals surface area contributed by atoms with Crippen LogP contribution in [0.1, 0.15) is 46.1 Å². The average Bonchev–Trinajstić information content (AvgIpc) is 3.16. The monoisotopic (exact) mass is 537 g/mol. The molecule has 0 fully saturated rings. The van der Waals surface area contributed by atoms with Crippen LogP contribution in [0.5, 0.6) is 11.5 Å². The van der Waals surface area contributed by atoms with Crippen LogP contribution in [0.15, 0.2) is 72.3 Å². The maximum Gasteiger partial charge on any atom is 0.573 e. The first-order chi connectivity index (χ1) is 18.5. The van der Waals surface area contributed by atoms with Gasteiger partial charge in [-0.2, -0.15) is 0 Å². The predicted molar refractivity (Wildman–Crippen MR) is 141 cm³/mol. The number of carboxylic acid groups (broad SMARTS) is 1. The van der Waals surface area contributed by atoms with Crippen LogP contribution in [0, 0.1) is 6.92 Å². The molecule has 0 saturated carbocycles. The Balaban J connectivity index is 1.83. The molecule has 0 aliphatic rings. The first kappa shape index (κ1) is 27.5. The van der Waals surface area contributed by atoms with Crippen LogP contribution in [0.25, 0.3) is 17.0 Å². The third-order valence-corrected chi connectivity index (χ3v) is 6.41. The number of methoxy groups -OCH3 is 1. The number of aliphatic carboxylic acids is 1. The highest BCUT2D eigenvalue weighted by Crippen LogP contribution is 2.34. The Morgan fingerprint density at radius 2 is 1.69 bits per heavy atom. The number of carbonyl (C=O) groups is 2. The van der Waals surface area contributed by atoms with Gasteiger partial charge in [-0.05, 0) is 85.0 Å². The predicted octanol–water partition coefficient (Wildman–Crippen LogP) is 7.01. The third kappa shape index (κ3) is 6.14. The molecule has 0 aliphatic carbocycles. The summed E-state index contributed by atoms with van der Waals surface area (Å²) in [5.74, 6) is -1.16. The van der Waals surface area contributed by atoms with Gasteiger partial charge in [0.25, 0.3) is 5.91 Å². The lowest BCUT2D eigenvalue weighted by Crippen LogP contribution is -2.17. The number of ether oxygens (including phenoxy) is 2. The molecule has 202 valence electrons. The lowest BCUT2D eigenvalue weighted by Gasteiger charge is -2.10. The first-order valence-corrected chi connectivity index (χ1v) is 12.1. The first-order valence-electron chi connectivity index (χ1n) is 12.1. The molecule has 0 amide bonds. The summed E-state index contributed by atoms with van der Waals surface area (Å²) in [6.07, 6.45) is -2.64. The van der Waals surface area contributed by atoms with Crippen LogP contribution in [0.3, 0.4) is 0 Å². The number of nitrogens with zero attached hydrogens (tertiary/aromatic N) is 1. The Labute approximate surface area is 222 Å². The van der Waals surface area contributed by atoms with E-state index in [9.17, 15) is 27.9 Å². The van der Waals surface area contributed by atoms with Gasteiger partial charge < -0.3 is 14.6 Å². The van der Waals surface area contributed by atoms with E-state index in [1.807, 2.05) is 12.1 Å². The van der Waals surface area contributed by atoms with Gasteiger partial charge in [-0.1, -0.05) is 31.2 Å². The summed E-state index contributed by atoms with van der Waals surface area (Å²) >= 11 is 0. The molecular weight excluding hydrogens is 511 g/mol. The third-order valence-electron chi connectivity index (χ3n) is 6.41. The van der Waals surface area contributed by atoms with E-state index in [1.165, 1.54) is 29.9 Å². The number of hydrogen-bond acceptors (Lipinski definition) is 4. The maximum absolute atomic E-state index is 13.6. The Bertz CT molecular complexity index is 1570. The fourth-order valence-corrected chi connectivity index (χ4v) is 4.52. The van der Waals surface area contributed by atoms with Crippen LogP contribution < -0.4 is 9.47 Å². The molecule has 1 aromatic heterocycles. The number of carbonyl (C=O) groups excluding carboxylic acids is 1. The quantitative estimate of drug-likeness (QED) is 0.245. The smallest absolute Gasteiger partial charge is 0.497 e. The molecule has 39 heavy (non-hydrogen) atoms. The Kier molecular flexibility index (Phi) is 7.80. The molecule has 3 aromatic carbocycles. The van der Waals surface area contributed by atoms with Crippen molar-refractivity contribution in [3.05, 3.63) is 100 Å². The van der Waals surface area contributed by atoms with Gasteiger partial charge in [0.2, 0.25) is 0 Å². The van der Waals surface area contributed by atoms with E-state index in [2.05, 4.69) is 4.74 Å². The van der Waals surface area contributed by atoms with Crippen molar-refractivity contribution < 1.29 is 37.3 Å². The van der Waals surface area contributed by atoms with Crippen LogP contribution in [0.4, 0.5) is 13.2 Å². The van der Waals surface area contributed by atoms with Gasteiger partial charge in [0, 0.05) is 22.2 Å². The molecule has 9 heteroatoms. The zero-order valence-electron chi connectivity index (χ0n) is 21.5. The van der Waals surface area contributed by atoms with Crippen molar-refractivity contribution in [1.29, 1.82) is 0 Å². The van der Waals surface area contributed by atoms with Crippen LogP contribution in [-0.2, 0) is 11.2 Å². The van der Waals surface area contributed by atoms with Crippen molar-refractivity contribution >= 4 is 28.9 Å². The molecule has 0 bridgehead atoms. The second-order valence-electron chi connectivity index (χ2n) is 8.91. The molecule has 0 spiro atoms. The second kappa shape index (κ2) is 11.1. The molecule has 4 rings (SSSR count). The van der Waals surface area contributed by atoms with Crippen molar-refractivity contribution in [3.8, 4) is 11.5 Å². The minimum atomic E-state index is -4.87. The minimum Gasteiger partial charge on any atom is -0.497 e. The lowest BCUT2D eigenvalue weighted by molar-refractivity contribution is -0.274. The molecular formula is C30H26F3NO5. The van der Waals surface area contributed by atoms with Gasteiger partial charge in [0.15, 0.2) is 0 Å². The number of halogens is 3. The van der Waals surface area contributed by atoms with Crippen LogP contribution >= 0.6 is 0 Å². The molecule has 1 heterocycles. The van der Waals surface area contributed by atoms with Gasteiger partial charge in [-0.3, -0.25) is 9.36 Å². The number of carboxylic acids is 1. The largest absolute Gasteiger partial charge is 0.573 e. The van der Waals surface area contributed by atoms with E-state index in [0.29, 0.717) is 45.5 Å². The molecule has 4 aromatic rings. The number of alkyl halides is 3. The zero-order chi connectivity index (χ0) is 28.3. The Morgan fingerprint density at radius 3 is 2.31 bits per heavy atom. The fourth-order valence-electron chi connectivity index (χ4n) is 4.52. The highest BCUT2D eigenvalue weighted by molar-refractivity contribution is 6.04. The summed E-state index contributed by atoms with van der Waals surface area (Å²) in [6, 6.07) is 17.7. The molecule has 0 aliphatic heterocycles. The summed E-state index contributed by atoms with van der Waals surface area (Å²) in [7, 11) is 1.52. The number of benzene rings is 3. The summed E-state index contributed by atoms with van der Waals surface area (Å²) in [5, 5.41) is 9.82. The number of rotatable bonds is 8. The zero-order valence-corrected chi connectivity index (χ0v) is 21.5. The number of hydrogen-bond donors (Lipinski definition) is 1. The Morgan fingerprint density at radius 1 is 1.00 bits per heavy atom. The summed E-state index contributed by atoms with van der Waals surface area (Å²) < 4.78 is 49.7. The van der Waals surface area contributed by atoms with E-state index in [4.69, 9.17) is 4.74 Å². The van der Waals surface area contributed by atoms with Gasteiger partial charge in [0.05, 0.1) is 12.6 Å². The molecule has 0 unspecified atom stereocenters. The van der Waals surface area contributed by atoms with Gasteiger partial charge in [0.1, 0.15) is 11.5 Å². The van der Waals surface area contributed by atoms with Gasteiger partial charge in [-0.25, -0.2) is 4.79 Å². The SMILES string of the molecule is CC/C(=C/c1cccc(Cc2c(C)n(C(=O)c3ccc(OC)cc3)c3ccc(OC(F)(F)F)cc23)c1)C(=O)O. The molecule has 0 atom stereocenters. The van der Waals surface area contributed by atoms with E-state index in [0.717, 1.165) is 5.56 Å². The van der Waals surface area contributed by atoms with E-state index in [-0.39, 0.29) is 17.9 Å². The summed E-state index contributed by atoms with van der Waals surface area (Å²) in [4.78, 5) is 25.0. The summed E-state index contributed by atoms with van der Waals surface area (Å²) in [5.41, 5.74) is 3.76. The van der Waals surface area contributed by atoms with Crippen molar-refractivity contribution in [1.82, 2.24) is 4.57 Å².